The Morgan fingerprint density at radius 1 is 0.269 bits per heavy atom. The van der Waals surface area contributed by atoms with Crippen molar-refractivity contribution in [3.63, 3.8) is 0 Å². The SMILES string of the molecule is CCCCCCCCCCCCCCCCCCCC(=O)OC[C@H](COP(=O)(O)OC[C@@H](O)COP(=O)(O)OC[C@@H](COC(=O)CCCCCCCCCCCCC)OC(=O)CCCCCCCCCCCCC(C)CC)OC(=O)CCCCCCCCCCCCCCCCCCCCC(C)CC. The minimum atomic E-state index is -4.97. The Bertz CT molecular complexity index is 2000. The molecule has 0 aliphatic carbocycles. The van der Waals surface area contributed by atoms with Gasteiger partial charge in [0.2, 0.25) is 0 Å². The molecule has 0 spiro atoms. The number of hydrogen-bond acceptors (Lipinski definition) is 15. The number of aliphatic hydroxyl groups excluding tert-OH is 1. The van der Waals surface area contributed by atoms with Crippen LogP contribution in [0.5, 0.6) is 0 Å². The second kappa shape index (κ2) is 76.4. The first kappa shape index (κ1) is 102. The molecule has 0 aromatic rings. The van der Waals surface area contributed by atoms with Gasteiger partial charge in [-0.1, -0.05) is 401 Å². The van der Waals surface area contributed by atoms with Crippen LogP contribution in [-0.4, -0.2) is 96.7 Å². The molecular formula is C85H166O17P2. The molecule has 19 heteroatoms. The maximum Gasteiger partial charge on any atom is 0.472 e. The molecule has 3 N–H and O–H groups in total. The highest BCUT2D eigenvalue weighted by Gasteiger charge is 2.30. The lowest BCUT2D eigenvalue weighted by Gasteiger charge is -2.21. The van der Waals surface area contributed by atoms with Gasteiger partial charge in [0, 0.05) is 25.7 Å². The van der Waals surface area contributed by atoms with Crippen molar-refractivity contribution in [1.29, 1.82) is 0 Å². The van der Waals surface area contributed by atoms with Gasteiger partial charge >= 0.3 is 39.5 Å². The maximum absolute atomic E-state index is 13.1. The van der Waals surface area contributed by atoms with E-state index in [1.54, 1.807) is 0 Å². The number of carbonyl (C=O) groups is 4. The predicted octanol–water partition coefficient (Wildman–Crippen LogP) is 25.8. The van der Waals surface area contributed by atoms with Crippen LogP contribution in [0.15, 0.2) is 0 Å². The van der Waals surface area contributed by atoms with E-state index in [4.69, 9.17) is 37.0 Å². The smallest absolute Gasteiger partial charge is 0.462 e. The van der Waals surface area contributed by atoms with Gasteiger partial charge < -0.3 is 33.8 Å². The fourth-order valence-electron chi connectivity index (χ4n) is 13.2. The highest BCUT2D eigenvalue weighted by atomic mass is 31.2. The van der Waals surface area contributed by atoms with E-state index in [1.165, 1.54) is 270 Å². The molecule has 0 saturated heterocycles. The van der Waals surface area contributed by atoms with Gasteiger partial charge in [0.1, 0.15) is 19.3 Å². The van der Waals surface area contributed by atoms with Crippen molar-refractivity contribution in [3.8, 4) is 0 Å². The predicted molar refractivity (Wildman–Crippen MR) is 428 cm³/mol. The third-order valence-corrected chi connectivity index (χ3v) is 22.6. The zero-order valence-corrected chi connectivity index (χ0v) is 70.1. The van der Waals surface area contributed by atoms with Gasteiger partial charge in [-0.05, 0) is 37.5 Å². The summed E-state index contributed by atoms with van der Waals surface area (Å²) in [4.78, 5) is 73.2. The number of phosphoric acid groups is 2. The summed E-state index contributed by atoms with van der Waals surface area (Å²) in [7, 11) is -9.93. The number of esters is 4. The first-order valence-electron chi connectivity index (χ1n) is 44.1. The van der Waals surface area contributed by atoms with Gasteiger partial charge in [-0.2, -0.15) is 0 Å². The third-order valence-electron chi connectivity index (χ3n) is 20.7. The summed E-state index contributed by atoms with van der Waals surface area (Å²) >= 11 is 0. The van der Waals surface area contributed by atoms with Gasteiger partial charge in [0.05, 0.1) is 26.4 Å². The van der Waals surface area contributed by atoms with E-state index in [9.17, 15) is 43.2 Å². The minimum Gasteiger partial charge on any atom is -0.462 e. The lowest BCUT2D eigenvalue weighted by atomic mass is 9.99. The second-order valence-corrected chi connectivity index (χ2v) is 34.0. The Morgan fingerprint density at radius 2 is 0.462 bits per heavy atom. The second-order valence-electron chi connectivity index (χ2n) is 31.1. The largest absolute Gasteiger partial charge is 0.472 e. The van der Waals surface area contributed by atoms with Crippen molar-refractivity contribution < 1.29 is 80.2 Å². The zero-order chi connectivity index (χ0) is 76.4. The molecule has 7 atom stereocenters. The number of hydrogen-bond donors (Lipinski definition) is 3. The highest BCUT2D eigenvalue weighted by molar-refractivity contribution is 7.47. The van der Waals surface area contributed by atoms with Crippen LogP contribution in [0.4, 0.5) is 0 Å². The Morgan fingerprint density at radius 3 is 0.683 bits per heavy atom. The fourth-order valence-corrected chi connectivity index (χ4v) is 14.8. The molecule has 0 aromatic heterocycles. The Balaban J connectivity index is 5.23. The summed E-state index contributed by atoms with van der Waals surface area (Å²) in [5.41, 5.74) is 0. The molecule has 0 aromatic carbocycles. The van der Waals surface area contributed by atoms with E-state index in [0.29, 0.717) is 25.7 Å². The molecule has 0 amide bonds. The van der Waals surface area contributed by atoms with Gasteiger partial charge in [0.25, 0.3) is 0 Å². The highest BCUT2D eigenvalue weighted by Crippen LogP contribution is 2.45. The molecule has 0 aliphatic heterocycles. The third kappa shape index (κ3) is 75.5. The molecule has 104 heavy (non-hydrogen) atoms. The van der Waals surface area contributed by atoms with Gasteiger partial charge in [-0.25, -0.2) is 9.13 Å². The van der Waals surface area contributed by atoms with Crippen molar-refractivity contribution in [3.05, 3.63) is 0 Å². The summed E-state index contributed by atoms with van der Waals surface area (Å²) in [6.07, 6.45) is 67.9. The first-order chi connectivity index (χ1) is 50.4. The van der Waals surface area contributed by atoms with Gasteiger partial charge in [-0.3, -0.25) is 37.3 Å². The van der Waals surface area contributed by atoms with Crippen molar-refractivity contribution in [2.24, 2.45) is 11.8 Å². The lowest BCUT2D eigenvalue weighted by molar-refractivity contribution is -0.161. The maximum atomic E-state index is 13.1. The van der Waals surface area contributed by atoms with E-state index >= 15 is 0 Å². The summed E-state index contributed by atoms with van der Waals surface area (Å²) in [5, 5.41) is 10.7. The molecule has 0 aliphatic rings. The van der Waals surface area contributed by atoms with Crippen LogP contribution < -0.4 is 0 Å². The molecule has 4 unspecified atom stereocenters. The van der Waals surface area contributed by atoms with Crippen LogP contribution >= 0.6 is 15.6 Å². The van der Waals surface area contributed by atoms with Crippen molar-refractivity contribution in [1.82, 2.24) is 0 Å². The Kier molecular flexibility index (Phi) is 75.0. The zero-order valence-electron chi connectivity index (χ0n) is 68.3. The van der Waals surface area contributed by atoms with Crippen LogP contribution in [0.1, 0.15) is 452 Å². The van der Waals surface area contributed by atoms with E-state index < -0.39 is 97.5 Å². The Labute approximate surface area is 638 Å². The molecule has 618 valence electrons. The molecule has 17 nitrogen and oxygen atoms in total. The Hall–Kier alpha value is -1.94. The summed E-state index contributed by atoms with van der Waals surface area (Å²) in [6.45, 7) is 9.75. The molecule has 0 bridgehead atoms. The topological polar surface area (TPSA) is 237 Å². The normalized spacial score (nSPS) is 14.4. The van der Waals surface area contributed by atoms with Crippen LogP contribution in [0.3, 0.4) is 0 Å². The van der Waals surface area contributed by atoms with Crippen LogP contribution in [0, 0.1) is 11.8 Å². The van der Waals surface area contributed by atoms with Crippen molar-refractivity contribution in [2.45, 2.75) is 471 Å². The molecular weight excluding hydrogens is 1350 g/mol. The molecule has 0 fully saturated rings. The molecule has 0 rings (SSSR count). The van der Waals surface area contributed by atoms with E-state index in [-0.39, 0.29) is 25.7 Å². The molecule has 0 radical (unpaired) electrons. The standard InChI is InChI=1S/C85H166O17P2/c1-7-11-13-15-17-19-21-22-23-26-30-33-37-44-50-56-62-68-83(88)96-74-80(101-84(89)69-63-57-51-45-38-34-31-28-25-24-27-29-32-36-41-47-53-59-65-77(5)9-3)75-99-103(91,92)97-71-79(86)72-98-104(93,94)100-76-81(73-95-82(87)67-61-55-49-43-35-20-18-16-14-12-8-2)102-85(90)70-64-58-52-46-40-39-42-48-54-60-66-78(6)10-4/h77-81,86H,7-76H2,1-6H3,(H,91,92)(H,93,94)/t77?,78?,79-,80-,81-/m1/s1. The van der Waals surface area contributed by atoms with Gasteiger partial charge in [-0.15, -0.1) is 0 Å². The summed E-state index contributed by atoms with van der Waals surface area (Å²) < 4.78 is 68.9. The quantitative estimate of drug-likeness (QED) is 0.0222. The number of carbonyl (C=O) groups excluding carboxylic acids is 4. The fraction of sp³-hybridized carbons (Fsp3) is 0.953. The van der Waals surface area contributed by atoms with Crippen LogP contribution in [0.2, 0.25) is 0 Å². The average molecular weight is 1520 g/mol. The van der Waals surface area contributed by atoms with Crippen molar-refractivity contribution >= 4 is 39.5 Å². The van der Waals surface area contributed by atoms with Crippen LogP contribution in [0.25, 0.3) is 0 Å². The van der Waals surface area contributed by atoms with E-state index in [0.717, 1.165) is 102 Å². The number of aliphatic hydroxyl groups is 1. The minimum absolute atomic E-state index is 0.107. The molecule has 0 saturated carbocycles. The average Bonchev–Trinajstić information content (AvgIpc) is 0.918. The van der Waals surface area contributed by atoms with E-state index in [2.05, 4.69) is 41.5 Å². The van der Waals surface area contributed by atoms with Gasteiger partial charge in [0.15, 0.2) is 12.2 Å². The number of phosphoric ester groups is 2. The number of unbranched alkanes of at least 4 members (excludes halogenated alkanes) is 52. The summed E-state index contributed by atoms with van der Waals surface area (Å²) in [5.74, 6) is -0.428. The van der Waals surface area contributed by atoms with Crippen LogP contribution in [-0.2, 0) is 65.4 Å². The lowest BCUT2D eigenvalue weighted by Crippen LogP contribution is -2.30. The monoisotopic (exact) mass is 1520 g/mol. The first-order valence-corrected chi connectivity index (χ1v) is 47.1. The molecule has 0 heterocycles. The van der Waals surface area contributed by atoms with E-state index in [1.807, 2.05) is 0 Å². The van der Waals surface area contributed by atoms with Crippen molar-refractivity contribution in [2.75, 3.05) is 39.6 Å². The summed E-state index contributed by atoms with van der Waals surface area (Å²) in [6, 6.07) is 0. The number of ether oxygens (including phenoxy) is 4. The number of rotatable bonds is 84.